The Bertz CT molecular complexity index is 742. The highest BCUT2D eigenvalue weighted by molar-refractivity contribution is 5.95. The predicted octanol–water partition coefficient (Wildman–Crippen LogP) is 3.73. The highest BCUT2D eigenvalue weighted by Crippen LogP contribution is 2.28. The van der Waals surface area contributed by atoms with Gasteiger partial charge in [0.2, 0.25) is 0 Å². The van der Waals surface area contributed by atoms with Gasteiger partial charge in [-0.2, -0.15) is 5.10 Å². The van der Waals surface area contributed by atoms with Crippen molar-refractivity contribution in [1.82, 2.24) is 5.43 Å². The minimum Gasteiger partial charge on any atom is -0.508 e. The smallest absolute Gasteiger partial charge is 0.271 e. The number of carbonyl (C=O) groups is 1. The van der Waals surface area contributed by atoms with Crippen LogP contribution in [0.5, 0.6) is 17.2 Å². The molecule has 0 aliphatic carbocycles. The summed E-state index contributed by atoms with van der Waals surface area (Å²) in [6.45, 7) is 5.20. The van der Waals surface area contributed by atoms with Crippen LogP contribution in [0.3, 0.4) is 0 Å². The molecule has 138 valence electrons. The van der Waals surface area contributed by atoms with Crippen LogP contribution in [-0.4, -0.2) is 30.4 Å². The van der Waals surface area contributed by atoms with E-state index in [0.29, 0.717) is 30.3 Å². The van der Waals surface area contributed by atoms with Crippen LogP contribution in [0.2, 0.25) is 0 Å². The van der Waals surface area contributed by atoms with Crippen LogP contribution >= 0.6 is 0 Å². The lowest BCUT2D eigenvalue weighted by molar-refractivity contribution is 0.0955. The number of amides is 1. The maximum Gasteiger partial charge on any atom is 0.271 e. The summed E-state index contributed by atoms with van der Waals surface area (Å²) < 4.78 is 11.4. The summed E-state index contributed by atoms with van der Waals surface area (Å²) in [6.07, 6.45) is 3.59. The Morgan fingerprint density at radius 2 is 1.88 bits per heavy atom. The number of hydrogen-bond donors (Lipinski definition) is 2. The summed E-state index contributed by atoms with van der Waals surface area (Å²) in [5.41, 5.74) is 3.64. The molecule has 6 nitrogen and oxygen atoms in total. The Labute approximate surface area is 153 Å². The molecule has 0 aliphatic rings. The quantitative estimate of drug-likeness (QED) is 0.407. The van der Waals surface area contributed by atoms with E-state index in [4.69, 9.17) is 9.47 Å². The second kappa shape index (κ2) is 10.1. The van der Waals surface area contributed by atoms with Gasteiger partial charge in [-0.15, -0.1) is 0 Å². The van der Waals surface area contributed by atoms with E-state index in [0.717, 1.165) is 18.4 Å². The van der Waals surface area contributed by atoms with Crippen LogP contribution in [0.4, 0.5) is 0 Å². The molecule has 0 aliphatic heterocycles. The molecular weight excluding hydrogens is 332 g/mol. The molecule has 0 saturated heterocycles. The number of carbonyl (C=O) groups excluding carboxylic acids is 1. The third-order valence-electron chi connectivity index (χ3n) is 3.53. The van der Waals surface area contributed by atoms with Crippen LogP contribution < -0.4 is 14.9 Å². The Kier molecular flexibility index (Phi) is 7.49. The fourth-order valence-electron chi connectivity index (χ4n) is 2.16. The summed E-state index contributed by atoms with van der Waals surface area (Å²) in [4.78, 5) is 12.0. The van der Waals surface area contributed by atoms with Crippen molar-refractivity contribution in [2.24, 2.45) is 5.10 Å². The van der Waals surface area contributed by atoms with E-state index >= 15 is 0 Å². The molecule has 6 heteroatoms. The second-order valence-electron chi connectivity index (χ2n) is 5.59. The Morgan fingerprint density at radius 1 is 1.12 bits per heavy atom. The number of nitrogens with one attached hydrogen (secondary N) is 1. The van der Waals surface area contributed by atoms with E-state index in [1.54, 1.807) is 0 Å². The molecule has 0 radical (unpaired) electrons. The summed E-state index contributed by atoms with van der Waals surface area (Å²) >= 11 is 0. The Balaban J connectivity index is 2.01. The highest BCUT2D eigenvalue weighted by Gasteiger charge is 2.06. The zero-order valence-corrected chi connectivity index (χ0v) is 15.1. The van der Waals surface area contributed by atoms with Gasteiger partial charge in [0, 0.05) is 5.56 Å². The lowest BCUT2D eigenvalue weighted by atomic mass is 10.2. The van der Waals surface area contributed by atoms with E-state index in [1.165, 1.54) is 30.5 Å². The molecule has 0 atom stereocenters. The molecule has 1 amide bonds. The molecule has 0 unspecified atom stereocenters. The largest absolute Gasteiger partial charge is 0.508 e. The van der Waals surface area contributed by atoms with Crippen LogP contribution in [0.25, 0.3) is 0 Å². The third-order valence-corrected chi connectivity index (χ3v) is 3.53. The van der Waals surface area contributed by atoms with Crippen molar-refractivity contribution in [3.63, 3.8) is 0 Å². The molecule has 0 bridgehead atoms. The number of aromatic hydroxyl groups is 1. The number of rotatable bonds is 9. The molecule has 0 aromatic heterocycles. The zero-order chi connectivity index (χ0) is 18.8. The lowest BCUT2D eigenvalue weighted by Crippen LogP contribution is -2.17. The first-order valence-electron chi connectivity index (χ1n) is 8.66. The average molecular weight is 356 g/mol. The van der Waals surface area contributed by atoms with Gasteiger partial charge < -0.3 is 14.6 Å². The van der Waals surface area contributed by atoms with E-state index in [-0.39, 0.29) is 11.7 Å². The first-order valence-corrected chi connectivity index (χ1v) is 8.66. The molecule has 2 aromatic carbocycles. The first-order chi connectivity index (χ1) is 12.6. The van der Waals surface area contributed by atoms with Gasteiger partial charge in [-0.3, -0.25) is 4.79 Å². The first kappa shape index (κ1) is 19.3. The molecule has 0 spiro atoms. The molecule has 2 N–H and O–H groups in total. The van der Waals surface area contributed by atoms with Gasteiger partial charge in [-0.1, -0.05) is 13.3 Å². The van der Waals surface area contributed by atoms with Crippen molar-refractivity contribution in [2.75, 3.05) is 13.2 Å². The minimum absolute atomic E-state index is 0.106. The van der Waals surface area contributed by atoms with Crippen molar-refractivity contribution in [2.45, 2.75) is 26.7 Å². The van der Waals surface area contributed by atoms with Gasteiger partial charge in [0.25, 0.3) is 5.91 Å². The van der Waals surface area contributed by atoms with Gasteiger partial charge in [0.15, 0.2) is 11.5 Å². The zero-order valence-electron chi connectivity index (χ0n) is 15.1. The van der Waals surface area contributed by atoms with E-state index in [2.05, 4.69) is 17.5 Å². The average Bonchev–Trinajstić information content (AvgIpc) is 2.64. The number of benzene rings is 2. The van der Waals surface area contributed by atoms with Gasteiger partial charge in [-0.05, 0) is 61.4 Å². The lowest BCUT2D eigenvalue weighted by Gasteiger charge is -2.12. The predicted molar refractivity (Wildman–Crippen MR) is 101 cm³/mol. The van der Waals surface area contributed by atoms with Crippen molar-refractivity contribution < 1.29 is 19.4 Å². The third kappa shape index (κ3) is 5.81. The molecule has 0 heterocycles. The molecule has 2 aromatic rings. The summed E-state index contributed by atoms with van der Waals surface area (Å²) in [7, 11) is 0. The number of ether oxygens (including phenoxy) is 2. The second-order valence-corrected chi connectivity index (χ2v) is 5.59. The number of unbranched alkanes of at least 4 members (excludes halogenated alkanes) is 1. The summed E-state index contributed by atoms with van der Waals surface area (Å²) in [5, 5.41) is 13.2. The topological polar surface area (TPSA) is 80.2 Å². The fraction of sp³-hybridized carbons (Fsp3) is 0.300. The molecule has 2 rings (SSSR count). The van der Waals surface area contributed by atoms with Crippen molar-refractivity contribution >= 4 is 12.1 Å². The molecule has 0 saturated carbocycles. The standard InChI is InChI=1S/C20H24N2O4/c1-3-5-12-26-18-11-6-15(13-19(18)25-4-2)14-21-22-20(24)16-7-9-17(23)10-8-16/h6-11,13-14,23H,3-5,12H2,1-2H3,(H,22,24)/b21-14+. The Morgan fingerprint density at radius 3 is 2.58 bits per heavy atom. The summed E-state index contributed by atoms with van der Waals surface area (Å²) in [5.74, 6) is 1.10. The van der Waals surface area contributed by atoms with E-state index in [1.807, 2.05) is 25.1 Å². The Hall–Kier alpha value is -3.02. The van der Waals surface area contributed by atoms with Gasteiger partial charge in [0.1, 0.15) is 5.75 Å². The summed E-state index contributed by atoms with van der Waals surface area (Å²) in [6, 6.07) is 11.4. The molecular formula is C20H24N2O4. The maximum absolute atomic E-state index is 12.0. The van der Waals surface area contributed by atoms with Crippen LogP contribution in [-0.2, 0) is 0 Å². The van der Waals surface area contributed by atoms with E-state index < -0.39 is 0 Å². The van der Waals surface area contributed by atoms with Gasteiger partial charge in [-0.25, -0.2) is 5.43 Å². The highest BCUT2D eigenvalue weighted by atomic mass is 16.5. The number of hydrogen-bond acceptors (Lipinski definition) is 5. The van der Waals surface area contributed by atoms with Crippen molar-refractivity contribution in [1.29, 1.82) is 0 Å². The van der Waals surface area contributed by atoms with Crippen LogP contribution in [0.15, 0.2) is 47.6 Å². The minimum atomic E-state index is -0.356. The van der Waals surface area contributed by atoms with E-state index in [9.17, 15) is 9.90 Å². The number of phenolic OH excluding ortho intramolecular Hbond substituents is 1. The number of hydrazone groups is 1. The van der Waals surface area contributed by atoms with Crippen molar-refractivity contribution in [3.05, 3.63) is 53.6 Å². The number of phenols is 1. The van der Waals surface area contributed by atoms with Crippen LogP contribution in [0.1, 0.15) is 42.6 Å². The SMILES string of the molecule is CCCCOc1ccc(/C=N/NC(=O)c2ccc(O)cc2)cc1OCC. The maximum atomic E-state index is 12.0. The van der Waals surface area contributed by atoms with Crippen molar-refractivity contribution in [3.8, 4) is 17.2 Å². The monoisotopic (exact) mass is 356 g/mol. The molecule has 26 heavy (non-hydrogen) atoms. The number of nitrogens with zero attached hydrogens (tertiary/aromatic N) is 1. The normalized spacial score (nSPS) is 10.7. The van der Waals surface area contributed by atoms with Gasteiger partial charge in [0.05, 0.1) is 19.4 Å². The molecule has 0 fully saturated rings. The fourth-order valence-corrected chi connectivity index (χ4v) is 2.16. The van der Waals surface area contributed by atoms with Crippen LogP contribution in [0, 0.1) is 0 Å². The van der Waals surface area contributed by atoms with Gasteiger partial charge >= 0.3 is 0 Å².